The van der Waals surface area contributed by atoms with Gasteiger partial charge in [0.25, 0.3) is 0 Å². The summed E-state index contributed by atoms with van der Waals surface area (Å²) in [6.45, 7) is 0. The van der Waals surface area contributed by atoms with E-state index >= 15 is 0 Å². The Morgan fingerprint density at radius 2 is 1.94 bits per heavy atom. The molecule has 0 aromatic heterocycles. The molecule has 0 aliphatic heterocycles. The number of hydrogen-bond donors (Lipinski definition) is 2. The van der Waals surface area contributed by atoms with Gasteiger partial charge in [-0.25, -0.2) is 0 Å². The monoisotopic (exact) mass is 274 g/mol. The van der Waals surface area contributed by atoms with E-state index in [1.807, 2.05) is 0 Å². The number of rotatable bonds is 3. The quantitative estimate of drug-likeness (QED) is 0.830. The topological polar surface area (TPSA) is 38.0 Å². The SMILES string of the molecule is NC(=S)c1cc(NC2CCC2)cc(C(F)(F)F)c1. The van der Waals surface area contributed by atoms with Gasteiger partial charge in [0.1, 0.15) is 4.99 Å². The minimum Gasteiger partial charge on any atom is -0.389 e. The molecule has 0 spiro atoms. The highest BCUT2D eigenvalue weighted by molar-refractivity contribution is 7.80. The first-order valence-electron chi connectivity index (χ1n) is 5.65. The van der Waals surface area contributed by atoms with Crippen LogP contribution >= 0.6 is 12.2 Å². The Hall–Kier alpha value is -1.30. The average molecular weight is 274 g/mol. The maximum Gasteiger partial charge on any atom is 0.416 e. The van der Waals surface area contributed by atoms with Crippen LogP contribution < -0.4 is 11.1 Å². The van der Waals surface area contributed by atoms with Gasteiger partial charge >= 0.3 is 6.18 Å². The van der Waals surface area contributed by atoms with E-state index in [0.717, 1.165) is 31.4 Å². The summed E-state index contributed by atoms with van der Waals surface area (Å²) in [5.41, 5.74) is 5.35. The lowest BCUT2D eigenvalue weighted by atomic mass is 9.92. The number of nitrogens with one attached hydrogen (secondary N) is 1. The van der Waals surface area contributed by atoms with Crippen LogP contribution in [-0.4, -0.2) is 11.0 Å². The molecule has 0 radical (unpaired) electrons. The molecule has 0 unspecified atom stereocenters. The zero-order chi connectivity index (χ0) is 13.3. The van der Waals surface area contributed by atoms with Crippen LogP contribution in [0.25, 0.3) is 0 Å². The Morgan fingerprint density at radius 1 is 1.28 bits per heavy atom. The minimum absolute atomic E-state index is 0.0299. The van der Waals surface area contributed by atoms with Gasteiger partial charge in [0, 0.05) is 17.3 Å². The molecule has 2 rings (SSSR count). The van der Waals surface area contributed by atoms with Crippen molar-refractivity contribution in [3.8, 4) is 0 Å². The fourth-order valence-corrected chi connectivity index (χ4v) is 1.92. The van der Waals surface area contributed by atoms with Crippen LogP contribution in [0.4, 0.5) is 18.9 Å². The first kappa shape index (κ1) is 13.1. The highest BCUT2D eigenvalue weighted by Gasteiger charge is 2.31. The maximum atomic E-state index is 12.7. The summed E-state index contributed by atoms with van der Waals surface area (Å²) >= 11 is 4.74. The van der Waals surface area contributed by atoms with Gasteiger partial charge in [-0.3, -0.25) is 0 Å². The van der Waals surface area contributed by atoms with Crippen molar-refractivity contribution in [1.29, 1.82) is 0 Å². The molecule has 1 aromatic carbocycles. The van der Waals surface area contributed by atoms with Crippen LogP contribution in [0.5, 0.6) is 0 Å². The van der Waals surface area contributed by atoms with Crippen molar-refractivity contribution in [3.63, 3.8) is 0 Å². The molecule has 1 aliphatic rings. The van der Waals surface area contributed by atoms with Gasteiger partial charge in [-0.1, -0.05) is 12.2 Å². The molecule has 0 saturated heterocycles. The van der Waals surface area contributed by atoms with Crippen molar-refractivity contribution in [2.45, 2.75) is 31.5 Å². The maximum absolute atomic E-state index is 12.7. The van der Waals surface area contributed by atoms with Crippen LogP contribution in [0.3, 0.4) is 0 Å². The molecule has 0 amide bonds. The molecule has 0 bridgehead atoms. The molecular weight excluding hydrogens is 261 g/mol. The molecule has 1 aromatic rings. The van der Waals surface area contributed by atoms with E-state index in [0.29, 0.717) is 5.69 Å². The predicted octanol–water partition coefficient (Wildman–Crippen LogP) is 3.30. The Kier molecular flexibility index (Phi) is 3.47. The molecule has 18 heavy (non-hydrogen) atoms. The van der Waals surface area contributed by atoms with E-state index in [1.54, 1.807) is 6.07 Å². The first-order valence-corrected chi connectivity index (χ1v) is 6.06. The lowest BCUT2D eigenvalue weighted by Gasteiger charge is -2.28. The summed E-state index contributed by atoms with van der Waals surface area (Å²) in [4.78, 5) is -0.0299. The third-order valence-electron chi connectivity index (χ3n) is 3.02. The second kappa shape index (κ2) is 4.76. The zero-order valence-electron chi connectivity index (χ0n) is 9.55. The lowest BCUT2D eigenvalue weighted by Crippen LogP contribution is -2.27. The first-order chi connectivity index (χ1) is 8.36. The second-order valence-electron chi connectivity index (χ2n) is 4.43. The van der Waals surface area contributed by atoms with Gasteiger partial charge in [0.15, 0.2) is 0 Å². The van der Waals surface area contributed by atoms with Crippen LogP contribution in [0.15, 0.2) is 18.2 Å². The number of benzene rings is 1. The average Bonchev–Trinajstić information content (AvgIpc) is 2.22. The van der Waals surface area contributed by atoms with Crippen LogP contribution in [0.2, 0.25) is 0 Å². The minimum atomic E-state index is -4.39. The molecule has 0 heterocycles. The van der Waals surface area contributed by atoms with E-state index in [4.69, 9.17) is 18.0 Å². The van der Waals surface area contributed by atoms with Crippen molar-refractivity contribution < 1.29 is 13.2 Å². The van der Waals surface area contributed by atoms with Gasteiger partial charge in [-0.2, -0.15) is 13.2 Å². The molecule has 3 N–H and O–H groups in total. The third-order valence-corrected chi connectivity index (χ3v) is 3.26. The van der Waals surface area contributed by atoms with E-state index in [9.17, 15) is 13.2 Å². The highest BCUT2D eigenvalue weighted by Crippen LogP contribution is 2.33. The summed E-state index contributed by atoms with van der Waals surface area (Å²) in [6.07, 6.45) is -1.31. The van der Waals surface area contributed by atoms with E-state index in [2.05, 4.69) is 5.32 Å². The predicted molar refractivity (Wildman–Crippen MR) is 68.6 cm³/mol. The summed E-state index contributed by atoms with van der Waals surface area (Å²) < 4.78 is 38.2. The Balaban J connectivity index is 2.32. The Bertz CT molecular complexity index is 467. The molecular formula is C12H13F3N2S. The molecule has 98 valence electrons. The number of anilines is 1. The third kappa shape index (κ3) is 2.93. The Labute approximate surface area is 108 Å². The number of nitrogens with two attached hydrogens (primary N) is 1. The van der Waals surface area contributed by atoms with Crippen molar-refractivity contribution in [2.75, 3.05) is 5.32 Å². The fraction of sp³-hybridized carbons (Fsp3) is 0.417. The van der Waals surface area contributed by atoms with E-state index in [1.165, 1.54) is 0 Å². The Morgan fingerprint density at radius 3 is 2.39 bits per heavy atom. The number of halogens is 3. The molecule has 1 saturated carbocycles. The second-order valence-corrected chi connectivity index (χ2v) is 4.87. The lowest BCUT2D eigenvalue weighted by molar-refractivity contribution is -0.137. The number of thiocarbonyl (C=S) groups is 1. The largest absolute Gasteiger partial charge is 0.416 e. The van der Waals surface area contributed by atoms with Crippen molar-refractivity contribution in [1.82, 2.24) is 0 Å². The van der Waals surface area contributed by atoms with E-state index < -0.39 is 11.7 Å². The van der Waals surface area contributed by atoms with Gasteiger partial charge in [0.05, 0.1) is 5.56 Å². The number of alkyl halides is 3. The summed E-state index contributed by atoms with van der Waals surface area (Å²) in [5.74, 6) is 0. The van der Waals surface area contributed by atoms with Gasteiger partial charge in [0.2, 0.25) is 0 Å². The van der Waals surface area contributed by atoms with Crippen LogP contribution in [0.1, 0.15) is 30.4 Å². The van der Waals surface area contributed by atoms with Crippen LogP contribution in [-0.2, 0) is 6.18 Å². The van der Waals surface area contributed by atoms with Crippen LogP contribution in [0, 0.1) is 0 Å². The molecule has 6 heteroatoms. The van der Waals surface area contributed by atoms with Gasteiger partial charge in [-0.05, 0) is 37.5 Å². The highest BCUT2D eigenvalue weighted by atomic mass is 32.1. The molecule has 1 fully saturated rings. The van der Waals surface area contributed by atoms with E-state index in [-0.39, 0.29) is 16.6 Å². The molecule has 1 aliphatic carbocycles. The van der Waals surface area contributed by atoms with Gasteiger partial charge in [-0.15, -0.1) is 0 Å². The number of hydrogen-bond acceptors (Lipinski definition) is 2. The molecule has 0 atom stereocenters. The normalized spacial score (nSPS) is 16.2. The van der Waals surface area contributed by atoms with Gasteiger partial charge < -0.3 is 11.1 Å². The van der Waals surface area contributed by atoms with Crippen molar-refractivity contribution >= 4 is 22.9 Å². The summed E-state index contributed by atoms with van der Waals surface area (Å²) in [7, 11) is 0. The molecule has 2 nitrogen and oxygen atoms in total. The van der Waals surface area contributed by atoms with Crippen molar-refractivity contribution in [3.05, 3.63) is 29.3 Å². The fourth-order valence-electron chi connectivity index (χ4n) is 1.81. The summed E-state index contributed by atoms with van der Waals surface area (Å²) in [5, 5.41) is 3.07. The zero-order valence-corrected chi connectivity index (χ0v) is 10.4. The standard InChI is InChI=1S/C12H13F3N2S/c13-12(14,15)8-4-7(11(16)18)5-10(6-8)17-9-2-1-3-9/h4-6,9,17H,1-3H2,(H2,16,18). The smallest absolute Gasteiger partial charge is 0.389 e. The summed E-state index contributed by atoms with van der Waals surface area (Å²) in [6, 6.07) is 3.90. The van der Waals surface area contributed by atoms with Crippen molar-refractivity contribution in [2.24, 2.45) is 5.73 Å².